The molecule has 0 radical (unpaired) electrons. The Bertz CT molecular complexity index is 2730. The lowest BCUT2D eigenvalue weighted by Crippen LogP contribution is -2.54. The fourth-order valence-corrected chi connectivity index (χ4v) is 15.2. The summed E-state index contributed by atoms with van der Waals surface area (Å²) in [5.41, 5.74) is -0.612. The topological polar surface area (TPSA) is 309 Å². The van der Waals surface area contributed by atoms with Gasteiger partial charge in [-0.15, -0.1) is 15.7 Å². The Kier molecular flexibility index (Phi) is 31.1. The Morgan fingerprint density at radius 1 is 0.721 bits per heavy atom. The molecule has 0 bridgehead atoms. The van der Waals surface area contributed by atoms with Crippen LogP contribution in [0.1, 0.15) is 209 Å². The molecule has 2 aliphatic rings. The van der Waals surface area contributed by atoms with Gasteiger partial charge in [0.1, 0.15) is 15.0 Å². The summed E-state index contributed by atoms with van der Waals surface area (Å²) >= 11 is 1.42. The summed E-state index contributed by atoms with van der Waals surface area (Å²) in [7, 11) is -8.47. The van der Waals surface area contributed by atoms with Crippen molar-refractivity contribution in [3.63, 3.8) is 0 Å². The molecule has 0 spiro atoms. The molecule has 2 N–H and O–H groups in total. The third-order valence-corrected chi connectivity index (χ3v) is 20.9. The number of anilines is 1. The summed E-state index contributed by atoms with van der Waals surface area (Å²) in [5, 5.41) is 2.37. The smallest absolute Gasteiger partial charge is 0.347 e. The van der Waals surface area contributed by atoms with E-state index >= 15 is 0 Å². The first-order chi connectivity index (χ1) is 40.7. The van der Waals surface area contributed by atoms with Gasteiger partial charge >= 0.3 is 29.8 Å². The number of nitrogens with one attached hydrogen (secondary N) is 2. The Morgan fingerprint density at radius 3 is 1.79 bits per heavy atom. The van der Waals surface area contributed by atoms with Gasteiger partial charge in [-0.25, -0.2) is 31.1 Å². The number of unbranched alkanes of at least 4 members (excludes halogenated alkanes) is 15. The number of rotatable bonds is 39. The first kappa shape index (κ1) is 73.4. The Balaban J connectivity index is 1.26. The molecule has 2 amide bonds. The maximum atomic E-state index is 14.1. The number of carbonyl (C=O) groups excluding carboxylic acids is 7. The standard InChI is InChI=1S/C58H94N6O18S4/c1-11-13-14-15-16-17-18-19-20-21-22-23-24-25-26-27-28-47(65)78-41(5)54(69)64(58(8,9)10)37-44(38-77-53-51(60-84-61-53)63-31-33-76-34-32-63)82-49(67)30-29-48(66)79-42(6)55(70)81-43(7)56(71)80-40(4)52(68)62-86(74,75)50-36-45-46(59-12-2)35-39(3)85(72,73)57(45)83-50/h36,39-44,46,59H,11-35,37-38H2,1-10H3,(H,62,68)/t39-,40?,41?,42?,43?,44-,46-/m0/s1. The fourth-order valence-electron chi connectivity index (χ4n) is 9.60. The number of thiophene rings is 1. The Labute approximate surface area is 516 Å². The molecular formula is C58H94N6O18S4. The van der Waals surface area contributed by atoms with Gasteiger partial charge in [0.25, 0.3) is 27.7 Å². The number of hydrogen-bond donors (Lipinski definition) is 2. The van der Waals surface area contributed by atoms with E-state index in [9.17, 15) is 50.4 Å². The van der Waals surface area contributed by atoms with E-state index in [0.29, 0.717) is 56.4 Å². The number of morpholine rings is 1. The quantitative estimate of drug-likeness (QED) is 0.0361. The van der Waals surface area contributed by atoms with Gasteiger partial charge in [-0.05, 0) is 80.8 Å². The van der Waals surface area contributed by atoms with E-state index < -0.39 is 126 Å². The second kappa shape index (κ2) is 36.5. The minimum absolute atomic E-state index is 0.125. The highest BCUT2D eigenvalue weighted by Gasteiger charge is 2.41. The SMILES string of the molecule is CCCCCCCCCCCCCCCCCCC(=O)OC(C)C(=O)N(C[C@@H](COc1nsnc1N1CCOCC1)OC(=O)CCC(=O)OC(C)C(=O)OC(C)C(=O)OC(C)C(=O)NS(=O)(=O)c1cc2c(s1)S(=O)(=O)[C@@H](C)C[C@@H]2NCC)C(C)(C)C. The first-order valence-corrected chi connectivity index (χ1v) is 35.0. The first-order valence-electron chi connectivity index (χ1n) is 30.5. The summed E-state index contributed by atoms with van der Waals surface area (Å²) in [5.74, 6) is -6.06. The van der Waals surface area contributed by atoms with E-state index in [1.54, 1.807) is 25.5 Å². The number of nitrogens with zero attached hydrogens (tertiary/aromatic N) is 4. The lowest BCUT2D eigenvalue weighted by Gasteiger charge is -2.39. The van der Waals surface area contributed by atoms with Crippen molar-refractivity contribution in [3.05, 3.63) is 11.6 Å². The zero-order valence-electron chi connectivity index (χ0n) is 52.0. The Morgan fingerprint density at radius 2 is 1.23 bits per heavy atom. The molecule has 2 aromatic rings. The van der Waals surface area contributed by atoms with Gasteiger partial charge < -0.3 is 48.3 Å². The van der Waals surface area contributed by atoms with Crippen LogP contribution in [-0.2, 0) is 81.8 Å². The number of esters is 5. The molecule has 4 unspecified atom stereocenters. The van der Waals surface area contributed by atoms with Crippen molar-refractivity contribution in [1.29, 1.82) is 0 Å². The lowest BCUT2D eigenvalue weighted by atomic mass is 10.0. The summed E-state index contributed by atoms with van der Waals surface area (Å²) in [6, 6.07) is 0.758. The van der Waals surface area contributed by atoms with Gasteiger partial charge in [0, 0.05) is 36.7 Å². The summed E-state index contributed by atoms with van der Waals surface area (Å²) in [4.78, 5) is 95.8. The monoisotopic (exact) mass is 1290 g/mol. The zero-order chi connectivity index (χ0) is 63.6. The molecule has 2 aromatic heterocycles. The van der Waals surface area contributed by atoms with E-state index in [1.165, 1.54) is 102 Å². The fraction of sp³-hybridized carbons (Fsp3) is 0.776. The van der Waals surface area contributed by atoms with Crippen LogP contribution >= 0.6 is 23.1 Å². The van der Waals surface area contributed by atoms with Gasteiger partial charge in [-0.1, -0.05) is 110 Å². The average Bonchev–Trinajstić information content (AvgIpc) is 1.67. The number of sulfonamides is 1. The number of ether oxygens (including phenoxy) is 7. The number of carbonyl (C=O) groups is 7. The molecule has 24 nitrogen and oxygen atoms in total. The van der Waals surface area contributed by atoms with Crippen molar-refractivity contribution in [2.45, 2.75) is 253 Å². The summed E-state index contributed by atoms with van der Waals surface area (Å²) in [6.45, 7) is 17.7. The van der Waals surface area contributed by atoms with Crippen molar-refractivity contribution in [2.24, 2.45) is 0 Å². The molecule has 28 heteroatoms. The maximum Gasteiger partial charge on any atom is 0.347 e. The van der Waals surface area contributed by atoms with Crippen LogP contribution < -0.4 is 19.7 Å². The van der Waals surface area contributed by atoms with Gasteiger partial charge in [-0.3, -0.25) is 24.0 Å². The highest BCUT2D eigenvalue weighted by atomic mass is 32.3. The molecule has 1 fully saturated rings. The van der Waals surface area contributed by atoms with Gasteiger partial charge in [0.05, 0.1) is 49.6 Å². The van der Waals surface area contributed by atoms with Crippen LogP contribution in [0.15, 0.2) is 14.5 Å². The van der Waals surface area contributed by atoms with E-state index in [1.807, 2.05) is 11.8 Å². The van der Waals surface area contributed by atoms with Crippen LogP contribution in [0.25, 0.3) is 0 Å². The minimum Gasteiger partial charge on any atom is -0.470 e. The largest absolute Gasteiger partial charge is 0.470 e. The summed E-state index contributed by atoms with van der Waals surface area (Å²) in [6.07, 6.45) is 11.1. The number of aromatic nitrogens is 2. The molecule has 0 aromatic carbocycles. The molecule has 7 atom stereocenters. The van der Waals surface area contributed by atoms with Crippen molar-refractivity contribution in [1.82, 2.24) is 23.7 Å². The predicted molar refractivity (Wildman–Crippen MR) is 323 cm³/mol. The third-order valence-electron chi connectivity index (χ3n) is 14.7. The second-order valence-corrected chi connectivity index (χ2v) is 29.0. The van der Waals surface area contributed by atoms with Gasteiger partial charge in [0.2, 0.25) is 5.82 Å². The van der Waals surface area contributed by atoms with Crippen molar-refractivity contribution in [3.8, 4) is 5.88 Å². The highest BCUT2D eigenvalue weighted by molar-refractivity contribution is 7.95. The predicted octanol–water partition coefficient (Wildman–Crippen LogP) is 8.23. The Hall–Kier alpha value is -5.03. The van der Waals surface area contributed by atoms with Crippen molar-refractivity contribution < 1.29 is 83.6 Å². The molecule has 4 heterocycles. The normalized spacial score (nSPS) is 17.6. The van der Waals surface area contributed by atoms with E-state index in [0.717, 1.165) is 51.8 Å². The molecule has 86 heavy (non-hydrogen) atoms. The number of hydrogen-bond acceptors (Lipinski definition) is 24. The molecule has 4 rings (SSSR count). The maximum absolute atomic E-state index is 14.1. The van der Waals surface area contributed by atoms with Crippen LogP contribution in [0.3, 0.4) is 0 Å². The molecule has 0 saturated carbocycles. The van der Waals surface area contributed by atoms with Crippen LogP contribution in [-0.4, -0.2) is 159 Å². The van der Waals surface area contributed by atoms with E-state index in [4.69, 9.17) is 33.2 Å². The average molecular weight is 1290 g/mol. The third kappa shape index (κ3) is 24.2. The van der Waals surface area contributed by atoms with Crippen molar-refractivity contribution in [2.75, 3.05) is 50.9 Å². The molecule has 488 valence electrons. The summed E-state index contributed by atoms with van der Waals surface area (Å²) < 4.78 is 101. The molecule has 0 aliphatic carbocycles. The van der Waals surface area contributed by atoms with E-state index in [2.05, 4.69) is 21.0 Å². The van der Waals surface area contributed by atoms with Crippen LogP contribution in [0, 0.1) is 0 Å². The van der Waals surface area contributed by atoms with Crippen LogP contribution in [0.5, 0.6) is 5.88 Å². The minimum atomic E-state index is -4.63. The number of sulfone groups is 1. The lowest BCUT2D eigenvalue weighted by molar-refractivity contribution is -0.179. The number of amides is 2. The molecular weight excluding hydrogens is 1200 g/mol. The second-order valence-electron chi connectivity index (χ2n) is 23.0. The van der Waals surface area contributed by atoms with Crippen molar-refractivity contribution >= 4 is 90.4 Å². The number of fused-ring (bicyclic) bond motifs is 1. The van der Waals surface area contributed by atoms with Gasteiger partial charge in [0.15, 0.2) is 40.4 Å². The molecule has 2 aliphatic heterocycles. The van der Waals surface area contributed by atoms with Crippen LogP contribution in [0.2, 0.25) is 0 Å². The highest BCUT2D eigenvalue weighted by Crippen LogP contribution is 2.43. The van der Waals surface area contributed by atoms with E-state index in [-0.39, 0.29) is 41.6 Å². The molecule has 1 saturated heterocycles. The van der Waals surface area contributed by atoms with Crippen LogP contribution in [0.4, 0.5) is 5.82 Å². The zero-order valence-corrected chi connectivity index (χ0v) is 55.2. The van der Waals surface area contributed by atoms with Gasteiger partial charge in [-0.2, -0.15) is 4.37 Å².